The average Bonchev–Trinajstić information content (AvgIpc) is 3.30. The maximum atomic E-state index is 14.0. The standard InChI is InChI=1S/C24H29ClFN3O/c25-21-6-5-20(23(26)15-21)17-28-13-9-19(10-14-28)24(30)27-16-18-3-7-22(8-4-18)29-11-1-2-12-29/h3-8,15,19H,1-2,9-14,16-17H2,(H,27,30). The number of halogens is 2. The quantitative estimate of drug-likeness (QED) is 0.728. The Kier molecular flexibility index (Phi) is 6.90. The van der Waals surface area contributed by atoms with Crippen molar-refractivity contribution in [3.8, 4) is 0 Å². The fourth-order valence-corrected chi connectivity index (χ4v) is 4.54. The molecular formula is C24H29ClFN3O. The van der Waals surface area contributed by atoms with Gasteiger partial charge in [0.05, 0.1) is 0 Å². The van der Waals surface area contributed by atoms with Crippen LogP contribution in [0.15, 0.2) is 42.5 Å². The van der Waals surface area contributed by atoms with Crippen molar-refractivity contribution in [2.75, 3.05) is 31.1 Å². The number of rotatable bonds is 6. The first-order valence-electron chi connectivity index (χ1n) is 10.9. The third kappa shape index (κ3) is 5.32. The highest BCUT2D eigenvalue weighted by Crippen LogP contribution is 2.23. The van der Waals surface area contributed by atoms with Gasteiger partial charge in [0.25, 0.3) is 0 Å². The molecule has 2 aliphatic rings. The van der Waals surface area contributed by atoms with Gasteiger partial charge >= 0.3 is 0 Å². The van der Waals surface area contributed by atoms with Crippen LogP contribution in [0.4, 0.5) is 10.1 Å². The summed E-state index contributed by atoms with van der Waals surface area (Å²) in [4.78, 5) is 17.2. The van der Waals surface area contributed by atoms with E-state index in [0.717, 1.165) is 44.6 Å². The van der Waals surface area contributed by atoms with Gasteiger partial charge in [-0.3, -0.25) is 9.69 Å². The summed E-state index contributed by atoms with van der Waals surface area (Å²) < 4.78 is 14.0. The molecule has 4 rings (SSSR count). The van der Waals surface area contributed by atoms with E-state index in [2.05, 4.69) is 39.4 Å². The molecule has 160 valence electrons. The van der Waals surface area contributed by atoms with E-state index in [0.29, 0.717) is 23.7 Å². The molecule has 2 aromatic rings. The fraction of sp³-hybridized carbons (Fsp3) is 0.458. The number of anilines is 1. The Bertz CT molecular complexity index is 859. The van der Waals surface area contributed by atoms with E-state index in [1.807, 2.05) is 0 Å². The number of piperidine rings is 1. The molecule has 4 nitrogen and oxygen atoms in total. The van der Waals surface area contributed by atoms with Crippen LogP contribution in [0, 0.1) is 11.7 Å². The number of hydrogen-bond acceptors (Lipinski definition) is 3. The van der Waals surface area contributed by atoms with Crippen molar-refractivity contribution in [1.29, 1.82) is 0 Å². The third-order valence-electron chi connectivity index (χ3n) is 6.24. The molecule has 0 unspecified atom stereocenters. The zero-order chi connectivity index (χ0) is 20.9. The minimum atomic E-state index is -0.266. The monoisotopic (exact) mass is 429 g/mol. The van der Waals surface area contributed by atoms with Crippen molar-refractivity contribution in [2.45, 2.75) is 38.8 Å². The normalized spacial score (nSPS) is 18.0. The average molecular weight is 430 g/mol. The molecule has 0 aromatic heterocycles. The predicted octanol–water partition coefficient (Wildman–Crippen LogP) is 4.61. The molecule has 2 aromatic carbocycles. The molecule has 2 heterocycles. The van der Waals surface area contributed by atoms with Crippen LogP contribution in [-0.2, 0) is 17.9 Å². The second kappa shape index (κ2) is 9.80. The Balaban J connectivity index is 1.21. The van der Waals surface area contributed by atoms with Crippen LogP contribution in [0.3, 0.4) is 0 Å². The minimum Gasteiger partial charge on any atom is -0.372 e. The number of nitrogens with one attached hydrogen (secondary N) is 1. The van der Waals surface area contributed by atoms with Crippen molar-refractivity contribution >= 4 is 23.2 Å². The van der Waals surface area contributed by atoms with Crippen molar-refractivity contribution in [3.63, 3.8) is 0 Å². The van der Waals surface area contributed by atoms with Gasteiger partial charge in [0, 0.05) is 48.4 Å². The first-order chi connectivity index (χ1) is 14.6. The molecule has 6 heteroatoms. The van der Waals surface area contributed by atoms with E-state index in [1.54, 1.807) is 12.1 Å². The number of carbonyl (C=O) groups excluding carboxylic acids is 1. The Morgan fingerprint density at radius 3 is 2.40 bits per heavy atom. The maximum Gasteiger partial charge on any atom is 0.223 e. The molecule has 0 bridgehead atoms. The van der Waals surface area contributed by atoms with Crippen LogP contribution in [0.1, 0.15) is 36.8 Å². The van der Waals surface area contributed by atoms with Crippen LogP contribution in [-0.4, -0.2) is 37.0 Å². The lowest BCUT2D eigenvalue weighted by Gasteiger charge is -2.31. The summed E-state index contributed by atoms with van der Waals surface area (Å²) in [6.45, 7) is 4.99. The lowest BCUT2D eigenvalue weighted by Crippen LogP contribution is -2.40. The third-order valence-corrected chi connectivity index (χ3v) is 6.48. The molecule has 1 N–H and O–H groups in total. The number of likely N-dealkylation sites (tertiary alicyclic amines) is 1. The van der Waals surface area contributed by atoms with Gasteiger partial charge in [0.1, 0.15) is 5.82 Å². The lowest BCUT2D eigenvalue weighted by molar-refractivity contribution is -0.126. The molecule has 0 radical (unpaired) electrons. The first kappa shape index (κ1) is 21.1. The molecule has 0 aliphatic carbocycles. The highest BCUT2D eigenvalue weighted by molar-refractivity contribution is 6.30. The van der Waals surface area contributed by atoms with Crippen molar-refractivity contribution in [3.05, 3.63) is 64.4 Å². The second-order valence-corrected chi connectivity index (χ2v) is 8.80. The number of hydrogen-bond donors (Lipinski definition) is 1. The lowest BCUT2D eigenvalue weighted by atomic mass is 9.95. The van der Waals surface area contributed by atoms with Gasteiger partial charge in [-0.2, -0.15) is 0 Å². The van der Waals surface area contributed by atoms with E-state index >= 15 is 0 Å². The highest BCUT2D eigenvalue weighted by Gasteiger charge is 2.25. The summed E-state index contributed by atoms with van der Waals surface area (Å²) >= 11 is 5.82. The molecule has 2 aliphatic heterocycles. The molecular weight excluding hydrogens is 401 g/mol. The van der Waals surface area contributed by atoms with Gasteiger partial charge in [-0.25, -0.2) is 4.39 Å². The smallest absolute Gasteiger partial charge is 0.223 e. The second-order valence-electron chi connectivity index (χ2n) is 8.36. The van der Waals surface area contributed by atoms with Crippen LogP contribution in [0.2, 0.25) is 5.02 Å². The Morgan fingerprint density at radius 2 is 1.73 bits per heavy atom. The fourth-order valence-electron chi connectivity index (χ4n) is 4.38. The molecule has 1 amide bonds. The summed E-state index contributed by atoms with van der Waals surface area (Å²) in [5.74, 6) is -0.116. The molecule has 0 saturated carbocycles. The SMILES string of the molecule is O=C(NCc1ccc(N2CCCC2)cc1)C1CCN(Cc2ccc(Cl)cc2F)CC1. The van der Waals surface area contributed by atoms with E-state index in [-0.39, 0.29) is 17.6 Å². The summed E-state index contributed by atoms with van der Waals surface area (Å²) in [5.41, 5.74) is 3.05. The van der Waals surface area contributed by atoms with Crippen LogP contribution >= 0.6 is 11.6 Å². The van der Waals surface area contributed by atoms with E-state index < -0.39 is 0 Å². The molecule has 2 saturated heterocycles. The first-order valence-corrected chi connectivity index (χ1v) is 11.2. The largest absolute Gasteiger partial charge is 0.372 e. The maximum absolute atomic E-state index is 14.0. The molecule has 2 fully saturated rings. The van der Waals surface area contributed by atoms with Crippen molar-refractivity contribution < 1.29 is 9.18 Å². The van der Waals surface area contributed by atoms with Crippen LogP contribution in [0.25, 0.3) is 0 Å². The molecule has 30 heavy (non-hydrogen) atoms. The van der Waals surface area contributed by atoms with Gasteiger partial charge < -0.3 is 10.2 Å². The molecule has 0 spiro atoms. The molecule has 0 atom stereocenters. The van der Waals surface area contributed by atoms with Gasteiger partial charge in [-0.05, 0) is 68.6 Å². The Hall–Kier alpha value is -2.11. The number of nitrogens with zero attached hydrogens (tertiary/aromatic N) is 2. The minimum absolute atomic E-state index is 0.0280. The highest BCUT2D eigenvalue weighted by atomic mass is 35.5. The van der Waals surface area contributed by atoms with Gasteiger partial charge in [-0.1, -0.05) is 29.8 Å². The Labute approximate surface area is 183 Å². The zero-order valence-corrected chi connectivity index (χ0v) is 18.0. The van der Waals surface area contributed by atoms with E-state index in [9.17, 15) is 9.18 Å². The van der Waals surface area contributed by atoms with Crippen molar-refractivity contribution in [2.24, 2.45) is 5.92 Å². The summed E-state index contributed by atoms with van der Waals surface area (Å²) in [5, 5.41) is 3.51. The van der Waals surface area contributed by atoms with Crippen LogP contribution < -0.4 is 10.2 Å². The predicted molar refractivity (Wildman–Crippen MR) is 119 cm³/mol. The van der Waals surface area contributed by atoms with Gasteiger partial charge in [-0.15, -0.1) is 0 Å². The van der Waals surface area contributed by atoms with Crippen LogP contribution in [0.5, 0.6) is 0 Å². The van der Waals surface area contributed by atoms with Gasteiger partial charge in [0.15, 0.2) is 0 Å². The van der Waals surface area contributed by atoms with Crippen molar-refractivity contribution in [1.82, 2.24) is 10.2 Å². The number of benzene rings is 2. The summed E-state index contributed by atoms with van der Waals surface area (Å²) in [6, 6.07) is 13.3. The Morgan fingerprint density at radius 1 is 1.03 bits per heavy atom. The summed E-state index contributed by atoms with van der Waals surface area (Å²) in [7, 11) is 0. The number of amides is 1. The van der Waals surface area contributed by atoms with Gasteiger partial charge in [0.2, 0.25) is 5.91 Å². The summed E-state index contributed by atoms with van der Waals surface area (Å²) in [6.07, 6.45) is 4.14. The zero-order valence-electron chi connectivity index (χ0n) is 17.2. The number of carbonyl (C=O) groups is 1. The topological polar surface area (TPSA) is 35.6 Å². The van der Waals surface area contributed by atoms with E-state index in [1.165, 1.54) is 24.6 Å². The van der Waals surface area contributed by atoms with E-state index in [4.69, 9.17) is 11.6 Å².